The summed E-state index contributed by atoms with van der Waals surface area (Å²) in [5, 5.41) is 12.0. The van der Waals surface area contributed by atoms with Gasteiger partial charge in [-0.05, 0) is 48.9 Å². The Morgan fingerprint density at radius 3 is 2.44 bits per heavy atom. The van der Waals surface area contributed by atoms with Gasteiger partial charge in [0.25, 0.3) is 23.4 Å². The Labute approximate surface area is 218 Å². The Kier molecular flexibility index (Phi) is 5.80. The zero-order chi connectivity index (χ0) is 25.9. The Bertz CT molecular complexity index is 1490. The van der Waals surface area contributed by atoms with E-state index in [1.165, 1.54) is 24.1 Å². The van der Waals surface area contributed by atoms with Crippen LogP contribution >= 0.6 is 27.5 Å². The number of amides is 3. The second kappa shape index (κ2) is 8.72. The van der Waals surface area contributed by atoms with Gasteiger partial charge in [0.2, 0.25) is 0 Å². The molecule has 2 aliphatic rings. The number of ether oxygens (including phenoxy) is 1. The number of rotatable bonds is 5. The fourth-order valence-corrected chi connectivity index (χ4v) is 5.32. The molecule has 3 aromatic carbocycles. The summed E-state index contributed by atoms with van der Waals surface area (Å²) in [6, 6.07) is 12.1. The van der Waals surface area contributed by atoms with Gasteiger partial charge in [-0.25, -0.2) is 0 Å². The van der Waals surface area contributed by atoms with E-state index in [1.54, 1.807) is 36.4 Å². The van der Waals surface area contributed by atoms with E-state index in [0.717, 1.165) is 16.5 Å². The third-order valence-electron chi connectivity index (χ3n) is 6.41. The maximum absolute atomic E-state index is 13.7. The third kappa shape index (κ3) is 3.48. The normalized spacial score (nSPS) is 18.8. The Morgan fingerprint density at radius 2 is 1.75 bits per heavy atom. The van der Waals surface area contributed by atoms with Crippen molar-refractivity contribution in [1.82, 2.24) is 4.90 Å². The highest BCUT2D eigenvalue weighted by Gasteiger charge is 2.59. The molecule has 0 unspecified atom stereocenters. The number of benzene rings is 3. The van der Waals surface area contributed by atoms with Crippen molar-refractivity contribution >= 4 is 56.6 Å². The standard InChI is InChI=1S/C25H17BrClN3O6/c1-12-6-8-14(27)11-18(12)28-21(16-10-13(26)7-9-19(16)36-2)22(25(28)33)29-23(31)15-4-3-5-17(30(34)35)20(15)24(29)32/h3-11,21-22H,1-2H3/t21-,22+/m1/s1. The van der Waals surface area contributed by atoms with Crippen LogP contribution in [0.5, 0.6) is 5.75 Å². The number of hydrogen-bond donors (Lipinski definition) is 0. The van der Waals surface area contributed by atoms with Gasteiger partial charge in [0, 0.05) is 26.8 Å². The van der Waals surface area contributed by atoms with E-state index in [1.807, 2.05) is 6.92 Å². The minimum Gasteiger partial charge on any atom is -0.496 e. The molecule has 5 rings (SSSR count). The van der Waals surface area contributed by atoms with Crippen LogP contribution in [0.2, 0.25) is 5.02 Å². The van der Waals surface area contributed by atoms with Crippen LogP contribution in [-0.2, 0) is 4.79 Å². The summed E-state index contributed by atoms with van der Waals surface area (Å²) in [6.07, 6.45) is 0. The molecule has 11 heteroatoms. The molecular weight excluding hydrogens is 554 g/mol. The maximum Gasteiger partial charge on any atom is 0.282 e. The number of methoxy groups -OCH3 is 1. The van der Waals surface area contributed by atoms with Gasteiger partial charge in [-0.3, -0.25) is 34.3 Å². The first-order valence-corrected chi connectivity index (χ1v) is 11.9. The van der Waals surface area contributed by atoms with E-state index in [-0.39, 0.29) is 11.1 Å². The summed E-state index contributed by atoms with van der Waals surface area (Å²) < 4.78 is 6.24. The van der Waals surface area contributed by atoms with E-state index in [4.69, 9.17) is 16.3 Å². The molecule has 0 radical (unpaired) electrons. The van der Waals surface area contributed by atoms with Crippen molar-refractivity contribution in [3.63, 3.8) is 0 Å². The number of halogens is 2. The van der Waals surface area contributed by atoms with E-state index in [0.29, 0.717) is 26.5 Å². The van der Waals surface area contributed by atoms with Gasteiger partial charge in [-0.15, -0.1) is 0 Å². The van der Waals surface area contributed by atoms with Crippen molar-refractivity contribution in [2.45, 2.75) is 19.0 Å². The summed E-state index contributed by atoms with van der Waals surface area (Å²) in [5.74, 6) is -1.74. The lowest BCUT2D eigenvalue weighted by Gasteiger charge is -2.50. The largest absolute Gasteiger partial charge is 0.496 e. The fourth-order valence-electron chi connectivity index (χ4n) is 4.77. The van der Waals surface area contributed by atoms with Crippen molar-refractivity contribution in [2.24, 2.45) is 0 Å². The molecule has 0 N–H and O–H groups in total. The van der Waals surface area contributed by atoms with Gasteiger partial charge >= 0.3 is 0 Å². The number of carbonyl (C=O) groups is 3. The molecule has 3 amide bonds. The SMILES string of the molecule is COc1ccc(Br)cc1[C@@H]1[C@H](N2C(=O)c3cccc([N+](=O)[O-])c3C2=O)C(=O)N1c1cc(Cl)ccc1C. The predicted octanol–water partition coefficient (Wildman–Crippen LogP) is 5.08. The highest BCUT2D eigenvalue weighted by atomic mass is 79.9. The molecule has 9 nitrogen and oxygen atoms in total. The first-order chi connectivity index (χ1) is 17.1. The average Bonchev–Trinajstić information content (AvgIpc) is 3.09. The topological polar surface area (TPSA) is 110 Å². The van der Waals surface area contributed by atoms with Gasteiger partial charge in [0.1, 0.15) is 17.4 Å². The molecule has 0 spiro atoms. The number of nitro groups is 1. The van der Waals surface area contributed by atoms with Crippen molar-refractivity contribution in [3.05, 3.63) is 96.5 Å². The van der Waals surface area contributed by atoms with E-state index in [2.05, 4.69) is 15.9 Å². The van der Waals surface area contributed by atoms with Gasteiger partial charge in [0.15, 0.2) is 0 Å². The number of nitro benzene ring substituents is 1. The number of imide groups is 1. The van der Waals surface area contributed by atoms with Crippen LogP contribution in [0.4, 0.5) is 11.4 Å². The molecule has 0 aliphatic carbocycles. The molecule has 0 bridgehead atoms. The molecule has 2 heterocycles. The average molecular weight is 571 g/mol. The second-order valence-electron chi connectivity index (χ2n) is 8.35. The zero-order valence-electron chi connectivity index (χ0n) is 18.9. The number of carbonyl (C=O) groups excluding carboxylic acids is 3. The second-order valence-corrected chi connectivity index (χ2v) is 9.70. The lowest BCUT2D eigenvalue weighted by atomic mass is 9.85. The van der Waals surface area contributed by atoms with Crippen LogP contribution in [0, 0.1) is 17.0 Å². The number of β-lactam (4-membered cyclic amide) rings is 1. The zero-order valence-corrected chi connectivity index (χ0v) is 21.2. The van der Waals surface area contributed by atoms with Gasteiger partial charge in [0.05, 0.1) is 23.6 Å². The van der Waals surface area contributed by atoms with Crippen LogP contribution in [0.25, 0.3) is 0 Å². The van der Waals surface area contributed by atoms with Crippen LogP contribution in [-0.4, -0.2) is 40.7 Å². The highest BCUT2D eigenvalue weighted by molar-refractivity contribution is 9.10. The number of hydrogen-bond acceptors (Lipinski definition) is 6. The fraction of sp³-hybridized carbons (Fsp3) is 0.160. The monoisotopic (exact) mass is 569 g/mol. The number of fused-ring (bicyclic) bond motifs is 1. The van der Waals surface area contributed by atoms with Crippen LogP contribution in [0.3, 0.4) is 0 Å². The van der Waals surface area contributed by atoms with Crippen molar-refractivity contribution < 1.29 is 24.0 Å². The van der Waals surface area contributed by atoms with E-state index < -0.39 is 40.4 Å². The third-order valence-corrected chi connectivity index (χ3v) is 7.14. The van der Waals surface area contributed by atoms with E-state index in [9.17, 15) is 24.5 Å². The number of aryl methyl sites for hydroxylation is 1. The smallest absolute Gasteiger partial charge is 0.282 e. The van der Waals surface area contributed by atoms with Crippen molar-refractivity contribution in [3.8, 4) is 5.75 Å². The molecule has 3 aromatic rings. The van der Waals surface area contributed by atoms with Crippen LogP contribution in [0.15, 0.2) is 59.1 Å². The van der Waals surface area contributed by atoms with Gasteiger partial charge < -0.3 is 4.74 Å². The molecule has 0 aromatic heterocycles. The molecule has 2 atom stereocenters. The first kappa shape index (κ1) is 24.0. The van der Waals surface area contributed by atoms with Gasteiger partial charge in [-0.1, -0.05) is 39.7 Å². The summed E-state index contributed by atoms with van der Waals surface area (Å²) in [6.45, 7) is 1.81. The Hall–Kier alpha value is -3.76. The summed E-state index contributed by atoms with van der Waals surface area (Å²) >= 11 is 9.67. The van der Waals surface area contributed by atoms with Crippen LogP contribution in [0.1, 0.15) is 37.9 Å². The molecule has 1 saturated heterocycles. The minimum absolute atomic E-state index is 0.112. The quantitative estimate of drug-likeness (QED) is 0.183. The lowest BCUT2D eigenvalue weighted by molar-refractivity contribution is -0.385. The molecular formula is C25H17BrClN3O6. The summed E-state index contributed by atoms with van der Waals surface area (Å²) in [5.41, 5.74) is 0.889. The summed E-state index contributed by atoms with van der Waals surface area (Å²) in [4.78, 5) is 53.6. The Morgan fingerprint density at radius 1 is 1.00 bits per heavy atom. The van der Waals surface area contributed by atoms with Crippen LogP contribution < -0.4 is 9.64 Å². The molecule has 1 fully saturated rings. The van der Waals surface area contributed by atoms with E-state index >= 15 is 0 Å². The molecule has 0 saturated carbocycles. The molecule has 182 valence electrons. The highest BCUT2D eigenvalue weighted by Crippen LogP contribution is 2.48. The Balaban J connectivity index is 1.68. The van der Waals surface area contributed by atoms with Crippen molar-refractivity contribution in [2.75, 3.05) is 12.0 Å². The first-order valence-electron chi connectivity index (χ1n) is 10.7. The lowest BCUT2D eigenvalue weighted by Crippen LogP contribution is -2.67. The molecule has 2 aliphatic heterocycles. The number of nitrogens with zero attached hydrogens (tertiary/aromatic N) is 3. The maximum atomic E-state index is 13.7. The predicted molar refractivity (Wildman–Crippen MR) is 134 cm³/mol. The minimum atomic E-state index is -1.25. The van der Waals surface area contributed by atoms with Gasteiger partial charge in [-0.2, -0.15) is 0 Å². The summed E-state index contributed by atoms with van der Waals surface area (Å²) in [7, 11) is 1.47. The number of anilines is 1. The van der Waals surface area contributed by atoms with Crippen molar-refractivity contribution in [1.29, 1.82) is 0 Å². The molecule has 36 heavy (non-hydrogen) atoms.